The van der Waals surface area contributed by atoms with Crippen molar-refractivity contribution in [3.8, 4) is 5.75 Å². The summed E-state index contributed by atoms with van der Waals surface area (Å²) in [5.74, 6) is 0.528. The highest BCUT2D eigenvalue weighted by Crippen LogP contribution is 2.33. The summed E-state index contributed by atoms with van der Waals surface area (Å²) in [5.41, 5.74) is 1.35. The molecule has 2 rings (SSSR count). The fraction of sp³-hybridized carbons (Fsp3) is 0.429. The number of carbonyl (C=O) groups excluding carboxylic acids is 2. The molecular weight excluding hydrogens is 244 g/mol. The third-order valence-corrected chi connectivity index (χ3v) is 3.06. The Bertz CT molecular complexity index is 511. The number of amides is 2. The minimum absolute atomic E-state index is 0.00564. The molecule has 0 spiro atoms. The van der Waals surface area contributed by atoms with Crippen molar-refractivity contribution in [2.24, 2.45) is 5.92 Å². The molecule has 1 aromatic carbocycles. The summed E-state index contributed by atoms with van der Waals surface area (Å²) >= 11 is 0. The zero-order chi connectivity index (χ0) is 14.0. The number of rotatable bonds is 2. The van der Waals surface area contributed by atoms with Gasteiger partial charge in [-0.25, -0.2) is 0 Å². The van der Waals surface area contributed by atoms with E-state index in [9.17, 15) is 9.59 Å². The molecular formula is C14H18N2O3. The first kappa shape index (κ1) is 13.4. The van der Waals surface area contributed by atoms with E-state index in [2.05, 4.69) is 5.32 Å². The van der Waals surface area contributed by atoms with Crippen molar-refractivity contribution in [2.45, 2.75) is 20.3 Å². The topological polar surface area (TPSA) is 58.6 Å². The van der Waals surface area contributed by atoms with Crippen molar-refractivity contribution in [1.82, 2.24) is 0 Å². The second kappa shape index (κ2) is 5.30. The van der Waals surface area contributed by atoms with Gasteiger partial charge in [0.1, 0.15) is 5.75 Å². The first-order valence-electron chi connectivity index (χ1n) is 6.33. The van der Waals surface area contributed by atoms with Gasteiger partial charge in [-0.3, -0.25) is 9.59 Å². The SMILES string of the molecule is CC(C)C(=O)Nc1ccc2c(c1)N(C)C(=O)CCO2. The molecule has 1 aliphatic rings. The lowest BCUT2D eigenvalue weighted by molar-refractivity contribution is -0.119. The minimum Gasteiger partial charge on any atom is -0.491 e. The number of anilines is 2. The van der Waals surface area contributed by atoms with Crippen LogP contribution >= 0.6 is 0 Å². The van der Waals surface area contributed by atoms with Gasteiger partial charge in [-0.05, 0) is 18.2 Å². The number of hydrogen-bond acceptors (Lipinski definition) is 3. The molecule has 5 heteroatoms. The largest absolute Gasteiger partial charge is 0.491 e. The Morgan fingerprint density at radius 2 is 2.16 bits per heavy atom. The first-order chi connectivity index (χ1) is 8.99. The molecule has 0 saturated carbocycles. The van der Waals surface area contributed by atoms with Crippen LogP contribution in [0.15, 0.2) is 18.2 Å². The van der Waals surface area contributed by atoms with Crippen LogP contribution in [0.2, 0.25) is 0 Å². The quantitative estimate of drug-likeness (QED) is 0.887. The molecule has 0 fully saturated rings. The number of nitrogens with zero attached hydrogens (tertiary/aromatic N) is 1. The summed E-state index contributed by atoms with van der Waals surface area (Å²) < 4.78 is 5.52. The maximum absolute atomic E-state index is 11.8. The standard InChI is InChI=1S/C14H18N2O3/c1-9(2)14(18)15-10-4-5-12-11(8-10)16(3)13(17)6-7-19-12/h4-5,8-9H,6-7H2,1-3H3,(H,15,18). The lowest BCUT2D eigenvalue weighted by atomic mass is 10.2. The van der Waals surface area contributed by atoms with Gasteiger partial charge in [0.25, 0.3) is 0 Å². The van der Waals surface area contributed by atoms with Gasteiger partial charge in [0.15, 0.2) is 0 Å². The normalized spacial score (nSPS) is 14.7. The molecule has 0 saturated heterocycles. The summed E-state index contributed by atoms with van der Waals surface area (Å²) in [7, 11) is 1.71. The minimum atomic E-state index is -0.0885. The van der Waals surface area contributed by atoms with Gasteiger partial charge in [0, 0.05) is 18.7 Å². The third kappa shape index (κ3) is 2.86. The van der Waals surface area contributed by atoms with Crippen molar-refractivity contribution >= 4 is 23.2 Å². The molecule has 0 radical (unpaired) electrons. The molecule has 1 heterocycles. The summed E-state index contributed by atoms with van der Waals surface area (Å²) in [6.45, 7) is 4.04. The average molecular weight is 262 g/mol. The van der Waals surface area contributed by atoms with Crippen LogP contribution in [0.25, 0.3) is 0 Å². The van der Waals surface area contributed by atoms with E-state index < -0.39 is 0 Å². The second-order valence-corrected chi connectivity index (χ2v) is 4.88. The fourth-order valence-electron chi connectivity index (χ4n) is 1.82. The number of carbonyl (C=O) groups is 2. The molecule has 1 aromatic rings. The predicted molar refractivity (Wildman–Crippen MR) is 73.4 cm³/mol. The molecule has 0 atom stereocenters. The molecule has 5 nitrogen and oxygen atoms in total. The van der Waals surface area contributed by atoms with Gasteiger partial charge in [-0.2, -0.15) is 0 Å². The Balaban J connectivity index is 2.29. The molecule has 1 aliphatic heterocycles. The lowest BCUT2D eigenvalue weighted by Gasteiger charge is -2.18. The summed E-state index contributed by atoms with van der Waals surface area (Å²) in [6, 6.07) is 5.32. The van der Waals surface area contributed by atoms with E-state index in [1.54, 1.807) is 30.1 Å². The van der Waals surface area contributed by atoms with Gasteiger partial charge in [0.05, 0.1) is 18.7 Å². The summed E-state index contributed by atoms with van der Waals surface area (Å²) in [5, 5.41) is 2.81. The molecule has 0 bridgehead atoms. The van der Waals surface area contributed by atoms with E-state index in [-0.39, 0.29) is 17.7 Å². The maximum Gasteiger partial charge on any atom is 0.230 e. The Morgan fingerprint density at radius 1 is 1.42 bits per heavy atom. The molecule has 0 unspecified atom stereocenters. The van der Waals surface area contributed by atoms with Crippen molar-refractivity contribution in [1.29, 1.82) is 0 Å². The molecule has 0 aliphatic carbocycles. The van der Waals surface area contributed by atoms with Gasteiger partial charge in [-0.15, -0.1) is 0 Å². The number of fused-ring (bicyclic) bond motifs is 1. The second-order valence-electron chi connectivity index (χ2n) is 4.88. The van der Waals surface area contributed by atoms with Crippen LogP contribution < -0.4 is 15.0 Å². The number of ether oxygens (including phenoxy) is 1. The van der Waals surface area contributed by atoms with Crippen molar-refractivity contribution in [3.05, 3.63) is 18.2 Å². The molecule has 0 aromatic heterocycles. The van der Waals surface area contributed by atoms with Gasteiger partial charge in [-0.1, -0.05) is 13.8 Å². The summed E-state index contributed by atoms with van der Waals surface area (Å²) in [6.07, 6.45) is 0.360. The Morgan fingerprint density at radius 3 is 2.84 bits per heavy atom. The molecule has 1 N–H and O–H groups in total. The van der Waals surface area contributed by atoms with E-state index in [1.165, 1.54) is 0 Å². The van der Waals surface area contributed by atoms with Crippen LogP contribution in [0.5, 0.6) is 5.75 Å². The smallest absolute Gasteiger partial charge is 0.230 e. The van der Waals surface area contributed by atoms with E-state index in [0.29, 0.717) is 30.2 Å². The van der Waals surface area contributed by atoms with Gasteiger partial charge in [0.2, 0.25) is 11.8 Å². The van der Waals surface area contributed by atoms with Gasteiger partial charge < -0.3 is 15.0 Å². The molecule has 19 heavy (non-hydrogen) atoms. The third-order valence-electron chi connectivity index (χ3n) is 3.06. The maximum atomic E-state index is 11.8. The molecule has 102 valence electrons. The van der Waals surface area contributed by atoms with E-state index in [4.69, 9.17) is 4.74 Å². The van der Waals surface area contributed by atoms with Crippen molar-refractivity contribution in [3.63, 3.8) is 0 Å². The zero-order valence-corrected chi connectivity index (χ0v) is 11.4. The number of hydrogen-bond donors (Lipinski definition) is 1. The Hall–Kier alpha value is -2.04. The highest BCUT2D eigenvalue weighted by Gasteiger charge is 2.20. The van der Waals surface area contributed by atoms with Crippen LogP contribution in [0.4, 0.5) is 11.4 Å². The zero-order valence-electron chi connectivity index (χ0n) is 11.4. The Labute approximate surface area is 112 Å². The monoisotopic (exact) mass is 262 g/mol. The lowest BCUT2D eigenvalue weighted by Crippen LogP contribution is -2.25. The van der Waals surface area contributed by atoms with Crippen molar-refractivity contribution < 1.29 is 14.3 Å². The average Bonchev–Trinajstić information content (AvgIpc) is 2.51. The van der Waals surface area contributed by atoms with E-state index in [1.807, 2.05) is 13.8 Å². The van der Waals surface area contributed by atoms with Crippen LogP contribution in [-0.2, 0) is 9.59 Å². The molecule has 2 amide bonds. The fourth-order valence-corrected chi connectivity index (χ4v) is 1.82. The van der Waals surface area contributed by atoms with E-state index in [0.717, 1.165) is 0 Å². The van der Waals surface area contributed by atoms with E-state index >= 15 is 0 Å². The summed E-state index contributed by atoms with van der Waals surface area (Å²) in [4.78, 5) is 25.0. The Kier molecular flexibility index (Phi) is 3.74. The van der Waals surface area contributed by atoms with Crippen molar-refractivity contribution in [2.75, 3.05) is 23.9 Å². The van der Waals surface area contributed by atoms with Crippen LogP contribution in [-0.4, -0.2) is 25.5 Å². The van der Waals surface area contributed by atoms with Gasteiger partial charge >= 0.3 is 0 Å². The van der Waals surface area contributed by atoms with Crippen LogP contribution in [0, 0.1) is 5.92 Å². The number of nitrogens with one attached hydrogen (secondary N) is 1. The predicted octanol–water partition coefficient (Wildman–Crippen LogP) is 2.03. The first-order valence-corrected chi connectivity index (χ1v) is 6.33. The highest BCUT2D eigenvalue weighted by atomic mass is 16.5. The number of benzene rings is 1. The van der Waals surface area contributed by atoms with Crippen LogP contribution in [0.1, 0.15) is 20.3 Å². The van der Waals surface area contributed by atoms with Crippen LogP contribution in [0.3, 0.4) is 0 Å². The highest BCUT2D eigenvalue weighted by molar-refractivity contribution is 5.97.